The second-order valence-corrected chi connectivity index (χ2v) is 7.71. The molecule has 0 amide bonds. The van der Waals surface area contributed by atoms with Crippen LogP contribution in [-0.4, -0.2) is 12.4 Å². The molecular formula is C28H22N2O. The molecule has 5 aromatic rings. The van der Waals surface area contributed by atoms with E-state index in [2.05, 4.69) is 32.0 Å². The second-order valence-electron chi connectivity index (χ2n) is 7.71. The zero-order chi connectivity index (χ0) is 21.2. The van der Waals surface area contributed by atoms with Crippen LogP contribution in [0.15, 0.2) is 99.3 Å². The van der Waals surface area contributed by atoms with Crippen LogP contribution in [0.3, 0.4) is 0 Å². The second kappa shape index (κ2) is 8.04. The van der Waals surface area contributed by atoms with Gasteiger partial charge in [0.2, 0.25) is 0 Å². The fourth-order valence-corrected chi connectivity index (χ4v) is 3.63. The predicted molar refractivity (Wildman–Crippen MR) is 131 cm³/mol. The molecule has 0 aliphatic carbocycles. The molecule has 0 atom stereocenters. The Kier molecular flexibility index (Phi) is 4.93. The molecule has 0 aliphatic rings. The molecule has 4 aromatic carbocycles. The SMILES string of the molecule is Cc1cc2oc3cc(N=Cc4ccccc4)c(N=Cc4ccccc4)cc3c2cc1C. The molecule has 0 aliphatic heterocycles. The van der Waals surface area contributed by atoms with Crippen LogP contribution in [0.25, 0.3) is 21.9 Å². The van der Waals surface area contributed by atoms with Crippen LogP contribution in [0.5, 0.6) is 0 Å². The van der Waals surface area contributed by atoms with Crippen molar-refractivity contribution in [2.75, 3.05) is 0 Å². The van der Waals surface area contributed by atoms with Gasteiger partial charge in [-0.25, -0.2) is 0 Å². The monoisotopic (exact) mass is 402 g/mol. The zero-order valence-electron chi connectivity index (χ0n) is 17.5. The Morgan fingerprint density at radius 2 is 1.06 bits per heavy atom. The lowest BCUT2D eigenvalue weighted by Crippen LogP contribution is -1.81. The molecule has 0 spiro atoms. The first-order chi connectivity index (χ1) is 15.2. The Morgan fingerprint density at radius 3 is 1.68 bits per heavy atom. The van der Waals surface area contributed by atoms with E-state index in [4.69, 9.17) is 14.4 Å². The van der Waals surface area contributed by atoms with E-state index in [9.17, 15) is 0 Å². The van der Waals surface area contributed by atoms with Crippen molar-refractivity contribution >= 4 is 45.7 Å². The normalized spacial score (nSPS) is 11.9. The van der Waals surface area contributed by atoms with Gasteiger partial charge in [0, 0.05) is 29.3 Å². The summed E-state index contributed by atoms with van der Waals surface area (Å²) in [6, 6.07) is 28.5. The molecule has 0 saturated heterocycles. The van der Waals surface area contributed by atoms with Crippen molar-refractivity contribution in [1.29, 1.82) is 0 Å². The Balaban J connectivity index is 1.67. The average Bonchev–Trinajstić information content (AvgIpc) is 3.13. The largest absolute Gasteiger partial charge is 0.456 e. The molecule has 5 rings (SSSR count). The van der Waals surface area contributed by atoms with Gasteiger partial charge >= 0.3 is 0 Å². The number of rotatable bonds is 4. The molecule has 1 aromatic heterocycles. The van der Waals surface area contributed by atoms with Gasteiger partial charge in [0.05, 0.1) is 11.4 Å². The van der Waals surface area contributed by atoms with Crippen molar-refractivity contribution in [1.82, 2.24) is 0 Å². The lowest BCUT2D eigenvalue weighted by molar-refractivity contribution is 0.668. The summed E-state index contributed by atoms with van der Waals surface area (Å²) in [6.45, 7) is 4.23. The molecule has 0 fully saturated rings. The minimum absolute atomic E-state index is 0.774. The van der Waals surface area contributed by atoms with Gasteiger partial charge in [-0.05, 0) is 54.3 Å². The van der Waals surface area contributed by atoms with Gasteiger partial charge < -0.3 is 4.42 Å². The van der Waals surface area contributed by atoms with Crippen LogP contribution >= 0.6 is 0 Å². The van der Waals surface area contributed by atoms with E-state index >= 15 is 0 Å². The van der Waals surface area contributed by atoms with Crippen molar-refractivity contribution in [2.45, 2.75) is 13.8 Å². The van der Waals surface area contributed by atoms with Crippen molar-refractivity contribution < 1.29 is 4.42 Å². The first-order valence-electron chi connectivity index (χ1n) is 10.3. The summed E-state index contributed by atoms with van der Waals surface area (Å²) < 4.78 is 6.17. The average molecular weight is 402 g/mol. The standard InChI is InChI=1S/C28H22N2O/c1-19-13-23-24-15-25(29-17-21-9-5-3-6-10-21)26(30-18-22-11-7-4-8-12-22)16-28(24)31-27(23)14-20(19)2/h3-18H,1-2H3. The number of hydrogen-bond acceptors (Lipinski definition) is 3. The molecule has 0 bridgehead atoms. The van der Waals surface area contributed by atoms with E-state index in [-0.39, 0.29) is 0 Å². The van der Waals surface area contributed by atoms with E-state index in [1.807, 2.05) is 79.2 Å². The molecule has 0 N–H and O–H groups in total. The van der Waals surface area contributed by atoms with Crippen molar-refractivity contribution in [3.8, 4) is 0 Å². The first-order valence-corrected chi connectivity index (χ1v) is 10.3. The molecule has 0 saturated carbocycles. The summed E-state index contributed by atoms with van der Waals surface area (Å²) in [4.78, 5) is 9.53. The number of aryl methyl sites for hydroxylation is 2. The molecular weight excluding hydrogens is 380 g/mol. The van der Waals surface area contributed by atoms with Crippen molar-refractivity contribution in [3.63, 3.8) is 0 Å². The summed E-state index contributed by atoms with van der Waals surface area (Å²) in [7, 11) is 0. The highest BCUT2D eigenvalue weighted by molar-refractivity contribution is 6.08. The van der Waals surface area contributed by atoms with E-state index in [0.29, 0.717) is 0 Å². The number of hydrogen-bond donors (Lipinski definition) is 0. The zero-order valence-corrected chi connectivity index (χ0v) is 17.5. The Hall–Kier alpha value is -3.98. The van der Waals surface area contributed by atoms with E-state index < -0.39 is 0 Å². The van der Waals surface area contributed by atoms with Gasteiger partial charge in [-0.1, -0.05) is 60.7 Å². The van der Waals surface area contributed by atoms with Gasteiger partial charge in [0.15, 0.2) is 0 Å². The Labute approximate surface area is 181 Å². The predicted octanol–water partition coefficient (Wildman–Crippen LogP) is 7.70. The Bertz CT molecular complexity index is 1430. The van der Waals surface area contributed by atoms with Crippen LogP contribution in [0.2, 0.25) is 0 Å². The third kappa shape index (κ3) is 3.90. The maximum atomic E-state index is 6.17. The summed E-state index contributed by atoms with van der Waals surface area (Å²) in [5.74, 6) is 0. The van der Waals surface area contributed by atoms with Crippen LogP contribution in [0, 0.1) is 13.8 Å². The quantitative estimate of drug-likeness (QED) is 0.284. The minimum atomic E-state index is 0.774. The molecule has 150 valence electrons. The summed E-state index contributed by atoms with van der Waals surface area (Å²) in [5, 5.41) is 2.16. The first kappa shape index (κ1) is 19.0. The fraction of sp³-hybridized carbons (Fsp3) is 0.0714. The summed E-state index contributed by atoms with van der Waals surface area (Å²) >= 11 is 0. The Morgan fingerprint density at radius 1 is 0.581 bits per heavy atom. The van der Waals surface area contributed by atoms with Crippen molar-refractivity contribution in [3.05, 3.63) is 107 Å². The molecule has 1 heterocycles. The highest BCUT2D eigenvalue weighted by atomic mass is 16.3. The van der Waals surface area contributed by atoms with Gasteiger partial charge in [0.1, 0.15) is 11.2 Å². The van der Waals surface area contributed by atoms with Crippen LogP contribution in [0.4, 0.5) is 11.4 Å². The van der Waals surface area contributed by atoms with Crippen LogP contribution in [0.1, 0.15) is 22.3 Å². The molecule has 31 heavy (non-hydrogen) atoms. The molecule has 0 radical (unpaired) electrons. The van der Waals surface area contributed by atoms with Crippen molar-refractivity contribution in [2.24, 2.45) is 9.98 Å². The third-order valence-electron chi connectivity index (χ3n) is 5.49. The topological polar surface area (TPSA) is 37.9 Å². The van der Waals surface area contributed by atoms with E-state index in [1.165, 1.54) is 11.1 Å². The van der Waals surface area contributed by atoms with Gasteiger partial charge in [-0.15, -0.1) is 0 Å². The maximum Gasteiger partial charge on any atom is 0.137 e. The fourth-order valence-electron chi connectivity index (χ4n) is 3.63. The maximum absolute atomic E-state index is 6.17. The number of nitrogens with zero attached hydrogens (tertiary/aromatic N) is 2. The molecule has 0 unspecified atom stereocenters. The van der Waals surface area contributed by atoms with Crippen LogP contribution < -0.4 is 0 Å². The smallest absolute Gasteiger partial charge is 0.137 e. The van der Waals surface area contributed by atoms with Gasteiger partial charge in [-0.2, -0.15) is 0 Å². The third-order valence-corrected chi connectivity index (χ3v) is 5.49. The van der Waals surface area contributed by atoms with Gasteiger partial charge in [0.25, 0.3) is 0 Å². The number of benzene rings is 4. The lowest BCUT2D eigenvalue weighted by atomic mass is 10.0. The molecule has 3 nitrogen and oxygen atoms in total. The van der Waals surface area contributed by atoms with Crippen LogP contribution in [-0.2, 0) is 0 Å². The van der Waals surface area contributed by atoms with E-state index in [1.54, 1.807) is 0 Å². The van der Waals surface area contributed by atoms with Gasteiger partial charge in [-0.3, -0.25) is 9.98 Å². The van der Waals surface area contributed by atoms with E-state index in [0.717, 1.165) is 44.4 Å². The number of fused-ring (bicyclic) bond motifs is 3. The summed E-state index contributed by atoms with van der Waals surface area (Å²) in [5.41, 5.74) is 7.84. The molecule has 3 heteroatoms. The lowest BCUT2D eigenvalue weighted by Gasteiger charge is -2.02. The minimum Gasteiger partial charge on any atom is -0.456 e. The highest BCUT2D eigenvalue weighted by Crippen LogP contribution is 2.38. The number of furan rings is 1. The number of aliphatic imine (C=N–C) groups is 2. The highest BCUT2D eigenvalue weighted by Gasteiger charge is 2.12. The summed E-state index contributed by atoms with van der Waals surface area (Å²) in [6.07, 6.45) is 3.74.